The van der Waals surface area contributed by atoms with Crippen molar-refractivity contribution in [1.29, 1.82) is 0 Å². The Balaban J connectivity index is 1.86. The van der Waals surface area contributed by atoms with Gasteiger partial charge in [0.2, 0.25) is 0 Å². The molecule has 3 aromatic carbocycles. The third kappa shape index (κ3) is 4.19. The average Bonchev–Trinajstić information content (AvgIpc) is 2.69. The van der Waals surface area contributed by atoms with E-state index in [-0.39, 0.29) is 5.91 Å². The molecule has 0 aliphatic heterocycles. The number of aryl methyl sites for hydroxylation is 2. The van der Waals surface area contributed by atoms with E-state index in [0.29, 0.717) is 16.3 Å². The summed E-state index contributed by atoms with van der Waals surface area (Å²) in [6.07, 6.45) is 0. The second-order valence-electron chi connectivity index (χ2n) is 7.00. The molecule has 0 aliphatic rings. The van der Waals surface area contributed by atoms with Gasteiger partial charge in [-0.3, -0.25) is 4.79 Å². The molecule has 1 aromatic heterocycles. The fourth-order valence-electron chi connectivity index (χ4n) is 3.37. The van der Waals surface area contributed by atoms with Crippen LogP contribution in [0.4, 0.5) is 5.69 Å². The second kappa shape index (κ2) is 7.97. The maximum Gasteiger partial charge on any atom is 0.256 e. The number of carbonyl (C=O) groups is 1. The highest BCUT2D eigenvalue weighted by Crippen LogP contribution is 2.29. The van der Waals surface area contributed by atoms with Gasteiger partial charge in [0.25, 0.3) is 5.91 Å². The number of aromatic nitrogens is 1. The van der Waals surface area contributed by atoms with Crippen molar-refractivity contribution in [2.45, 2.75) is 13.8 Å². The molecule has 5 heteroatoms. The highest BCUT2D eigenvalue weighted by molar-refractivity contribution is 9.10. The molecule has 1 amide bonds. The van der Waals surface area contributed by atoms with Crippen molar-refractivity contribution in [1.82, 2.24) is 4.98 Å². The zero-order valence-corrected chi connectivity index (χ0v) is 18.3. The molecule has 0 fully saturated rings. The van der Waals surface area contributed by atoms with Gasteiger partial charge in [0.05, 0.1) is 16.8 Å². The standard InChI is InChI=1S/C24H18BrClN2O/c1-14-11-15(2)23-20(12-14)21(24(29)27-19-9-7-18(26)8-10-19)13-22(28-23)16-3-5-17(25)6-4-16/h3-13H,1-2H3,(H,27,29). The Bertz CT molecular complexity index is 1220. The number of halogens is 2. The summed E-state index contributed by atoms with van der Waals surface area (Å²) in [6.45, 7) is 4.05. The van der Waals surface area contributed by atoms with E-state index in [0.717, 1.165) is 37.8 Å². The van der Waals surface area contributed by atoms with Gasteiger partial charge in [-0.15, -0.1) is 0 Å². The van der Waals surface area contributed by atoms with E-state index in [9.17, 15) is 4.79 Å². The molecule has 4 rings (SSSR count). The number of fused-ring (bicyclic) bond motifs is 1. The van der Waals surface area contributed by atoms with E-state index < -0.39 is 0 Å². The molecule has 29 heavy (non-hydrogen) atoms. The molecular formula is C24H18BrClN2O. The molecule has 144 valence electrons. The van der Waals surface area contributed by atoms with Gasteiger partial charge in [-0.2, -0.15) is 0 Å². The molecule has 1 N–H and O–H groups in total. The topological polar surface area (TPSA) is 42.0 Å². The number of benzene rings is 3. The Morgan fingerprint density at radius 2 is 1.66 bits per heavy atom. The first kappa shape index (κ1) is 19.6. The number of hydrogen-bond donors (Lipinski definition) is 1. The summed E-state index contributed by atoms with van der Waals surface area (Å²) in [4.78, 5) is 18.1. The predicted molar refractivity (Wildman–Crippen MR) is 124 cm³/mol. The molecule has 0 radical (unpaired) electrons. The smallest absolute Gasteiger partial charge is 0.256 e. The fraction of sp³-hybridized carbons (Fsp3) is 0.0833. The highest BCUT2D eigenvalue weighted by Gasteiger charge is 2.16. The molecule has 0 saturated heterocycles. The minimum atomic E-state index is -0.178. The van der Waals surface area contributed by atoms with Gasteiger partial charge in [-0.1, -0.05) is 51.3 Å². The van der Waals surface area contributed by atoms with Crippen LogP contribution in [-0.2, 0) is 0 Å². The number of carbonyl (C=O) groups excluding carboxylic acids is 1. The summed E-state index contributed by atoms with van der Waals surface area (Å²) in [6, 6.07) is 21.0. The first-order chi connectivity index (χ1) is 13.9. The first-order valence-electron chi connectivity index (χ1n) is 9.15. The number of anilines is 1. The van der Waals surface area contributed by atoms with Crippen LogP contribution in [-0.4, -0.2) is 10.9 Å². The van der Waals surface area contributed by atoms with Crippen molar-refractivity contribution in [2.75, 3.05) is 5.32 Å². The number of nitrogens with one attached hydrogen (secondary N) is 1. The monoisotopic (exact) mass is 464 g/mol. The number of amides is 1. The Kier molecular flexibility index (Phi) is 5.39. The van der Waals surface area contributed by atoms with E-state index in [2.05, 4.69) is 27.3 Å². The Labute approximate surface area is 182 Å². The zero-order chi connectivity index (χ0) is 20.5. The van der Waals surface area contributed by atoms with Crippen molar-refractivity contribution in [3.05, 3.63) is 92.9 Å². The number of rotatable bonds is 3. The minimum absolute atomic E-state index is 0.178. The van der Waals surface area contributed by atoms with Crippen LogP contribution in [0.1, 0.15) is 21.5 Å². The van der Waals surface area contributed by atoms with Crippen molar-refractivity contribution in [3.8, 4) is 11.3 Å². The van der Waals surface area contributed by atoms with Gasteiger partial charge in [-0.05, 0) is 67.9 Å². The maximum atomic E-state index is 13.2. The van der Waals surface area contributed by atoms with E-state index in [1.54, 1.807) is 24.3 Å². The van der Waals surface area contributed by atoms with Gasteiger partial charge in [0, 0.05) is 26.1 Å². The van der Waals surface area contributed by atoms with Crippen LogP contribution in [0.2, 0.25) is 5.02 Å². The van der Waals surface area contributed by atoms with Crippen molar-refractivity contribution < 1.29 is 4.79 Å². The quantitative estimate of drug-likeness (QED) is 0.348. The predicted octanol–water partition coefficient (Wildman–Crippen LogP) is 7.19. The lowest BCUT2D eigenvalue weighted by atomic mass is 9.99. The summed E-state index contributed by atoms with van der Waals surface area (Å²) < 4.78 is 0.995. The molecule has 0 bridgehead atoms. The zero-order valence-electron chi connectivity index (χ0n) is 16.0. The van der Waals surface area contributed by atoms with Gasteiger partial charge in [0.1, 0.15) is 0 Å². The average molecular weight is 466 g/mol. The molecule has 0 atom stereocenters. The lowest BCUT2D eigenvalue weighted by molar-refractivity contribution is 0.102. The van der Waals surface area contributed by atoms with Crippen molar-refractivity contribution >= 4 is 50.0 Å². The van der Waals surface area contributed by atoms with E-state index in [4.69, 9.17) is 16.6 Å². The van der Waals surface area contributed by atoms with Gasteiger partial charge >= 0.3 is 0 Å². The summed E-state index contributed by atoms with van der Waals surface area (Å²) in [7, 11) is 0. The summed E-state index contributed by atoms with van der Waals surface area (Å²) >= 11 is 9.42. The molecule has 0 unspecified atom stereocenters. The van der Waals surface area contributed by atoms with Crippen LogP contribution >= 0.6 is 27.5 Å². The highest BCUT2D eigenvalue weighted by atomic mass is 79.9. The second-order valence-corrected chi connectivity index (χ2v) is 8.35. The minimum Gasteiger partial charge on any atom is -0.322 e. The van der Waals surface area contributed by atoms with Gasteiger partial charge in [0.15, 0.2) is 0 Å². The summed E-state index contributed by atoms with van der Waals surface area (Å²) in [5.74, 6) is -0.178. The Morgan fingerprint density at radius 1 is 0.966 bits per heavy atom. The number of nitrogens with zero attached hydrogens (tertiary/aromatic N) is 1. The van der Waals surface area contributed by atoms with Crippen molar-refractivity contribution in [3.63, 3.8) is 0 Å². The van der Waals surface area contributed by atoms with Crippen molar-refractivity contribution in [2.24, 2.45) is 0 Å². The molecular weight excluding hydrogens is 448 g/mol. The molecule has 0 saturated carbocycles. The lowest BCUT2D eigenvalue weighted by Gasteiger charge is -2.13. The summed E-state index contributed by atoms with van der Waals surface area (Å²) in [5.41, 5.74) is 5.97. The van der Waals surface area contributed by atoms with Crippen LogP contribution in [0.5, 0.6) is 0 Å². The SMILES string of the molecule is Cc1cc(C)c2nc(-c3ccc(Br)cc3)cc(C(=O)Nc3ccc(Cl)cc3)c2c1. The van der Waals surface area contributed by atoms with Crippen LogP contribution in [0.25, 0.3) is 22.2 Å². The van der Waals surface area contributed by atoms with Crippen LogP contribution in [0.3, 0.4) is 0 Å². The maximum absolute atomic E-state index is 13.2. The molecule has 4 aromatic rings. The van der Waals surface area contributed by atoms with E-state index in [1.165, 1.54) is 0 Å². The first-order valence-corrected chi connectivity index (χ1v) is 10.3. The van der Waals surface area contributed by atoms with Crippen LogP contribution in [0.15, 0.2) is 71.2 Å². The fourth-order valence-corrected chi connectivity index (χ4v) is 3.76. The number of pyridine rings is 1. The molecule has 3 nitrogen and oxygen atoms in total. The number of hydrogen-bond acceptors (Lipinski definition) is 2. The third-order valence-electron chi connectivity index (χ3n) is 4.74. The lowest BCUT2D eigenvalue weighted by Crippen LogP contribution is -2.13. The summed E-state index contributed by atoms with van der Waals surface area (Å²) in [5, 5.41) is 4.44. The normalized spacial score (nSPS) is 10.9. The molecule has 1 heterocycles. The largest absolute Gasteiger partial charge is 0.322 e. The molecule has 0 spiro atoms. The van der Waals surface area contributed by atoms with Gasteiger partial charge in [-0.25, -0.2) is 4.98 Å². The van der Waals surface area contributed by atoms with E-state index in [1.807, 2.05) is 50.2 Å². The Hall–Kier alpha value is -2.69. The van der Waals surface area contributed by atoms with Crippen LogP contribution < -0.4 is 5.32 Å². The van der Waals surface area contributed by atoms with Gasteiger partial charge < -0.3 is 5.32 Å². The van der Waals surface area contributed by atoms with E-state index >= 15 is 0 Å². The Morgan fingerprint density at radius 3 is 2.34 bits per heavy atom. The van der Waals surface area contributed by atoms with Crippen LogP contribution in [0, 0.1) is 13.8 Å². The third-order valence-corrected chi connectivity index (χ3v) is 5.52. The molecule has 0 aliphatic carbocycles.